The molecule has 6 heteroatoms. The van der Waals surface area contributed by atoms with E-state index >= 15 is 0 Å². The fraction of sp³-hybridized carbons (Fsp3) is 0.208. The van der Waals surface area contributed by atoms with Gasteiger partial charge in [0.1, 0.15) is 17.9 Å². The number of nitrogens with one attached hydrogen (secondary N) is 1. The van der Waals surface area contributed by atoms with Crippen LogP contribution in [0.25, 0.3) is 0 Å². The van der Waals surface area contributed by atoms with E-state index in [1.807, 2.05) is 49.4 Å². The first kappa shape index (κ1) is 21.0. The van der Waals surface area contributed by atoms with Gasteiger partial charge in [-0.05, 0) is 43.2 Å². The summed E-state index contributed by atoms with van der Waals surface area (Å²) in [5.74, 6) is 0.117. The Balaban J connectivity index is 1.42. The van der Waals surface area contributed by atoms with Crippen LogP contribution in [0.4, 0.5) is 0 Å². The van der Waals surface area contributed by atoms with Crippen molar-refractivity contribution in [2.24, 2.45) is 0 Å². The van der Waals surface area contributed by atoms with E-state index in [0.717, 1.165) is 5.56 Å². The molecule has 0 aliphatic rings. The summed E-state index contributed by atoms with van der Waals surface area (Å²) < 4.78 is 10.9. The summed E-state index contributed by atoms with van der Waals surface area (Å²) in [4.78, 5) is 28.5. The number of nitrogens with zero attached hydrogens (tertiary/aromatic N) is 1. The van der Waals surface area contributed by atoms with E-state index in [9.17, 15) is 9.59 Å². The molecule has 0 atom stereocenters. The van der Waals surface area contributed by atoms with E-state index < -0.39 is 5.97 Å². The highest BCUT2D eigenvalue weighted by atomic mass is 16.5. The molecule has 2 aromatic carbocycles. The lowest BCUT2D eigenvalue weighted by Gasteiger charge is -2.10. The number of para-hydroxylation sites is 1. The molecule has 1 N–H and O–H groups in total. The number of hydrogen-bond donors (Lipinski definition) is 1. The number of hydrogen-bond acceptors (Lipinski definition) is 5. The molecule has 0 aliphatic carbocycles. The van der Waals surface area contributed by atoms with Crippen LogP contribution < -0.4 is 10.1 Å². The topological polar surface area (TPSA) is 77.5 Å². The zero-order valence-electron chi connectivity index (χ0n) is 16.8. The van der Waals surface area contributed by atoms with Crippen molar-refractivity contribution in [2.75, 3.05) is 13.2 Å². The first-order valence-corrected chi connectivity index (χ1v) is 9.79. The summed E-state index contributed by atoms with van der Waals surface area (Å²) in [6.45, 7) is 2.34. The Bertz CT molecular complexity index is 972. The van der Waals surface area contributed by atoms with Gasteiger partial charge in [-0.25, -0.2) is 9.78 Å². The lowest BCUT2D eigenvalue weighted by molar-refractivity contribution is -0.121. The third kappa shape index (κ3) is 6.44. The fourth-order valence-corrected chi connectivity index (χ4v) is 2.74. The standard InChI is InChI=1S/C24H24N2O4/c1-18-9-11-19(12-10-18)13-14-22(27)25-16-17-29-24(28)21-8-5-15-26-23(21)30-20-6-3-2-4-7-20/h2-12,15H,13-14,16-17H2,1H3,(H,25,27). The van der Waals surface area contributed by atoms with Gasteiger partial charge >= 0.3 is 5.97 Å². The highest BCUT2D eigenvalue weighted by Crippen LogP contribution is 2.23. The summed E-state index contributed by atoms with van der Waals surface area (Å²) in [5.41, 5.74) is 2.53. The Labute approximate surface area is 175 Å². The summed E-state index contributed by atoms with van der Waals surface area (Å²) >= 11 is 0. The second-order valence-electron chi connectivity index (χ2n) is 6.74. The van der Waals surface area contributed by atoms with Crippen LogP contribution >= 0.6 is 0 Å². The highest BCUT2D eigenvalue weighted by molar-refractivity contribution is 5.91. The normalized spacial score (nSPS) is 10.3. The molecule has 0 saturated carbocycles. The molecule has 0 radical (unpaired) electrons. The number of amides is 1. The summed E-state index contributed by atoms with van der Waals surface area (Å²) in [7, 11) is 0. The van der Waals surface area contributed by atoms with Crippen LogP contribution in [0.1, 0.15) is 27.9 Å². The number of ether oxygens (including phenoxy) is 2. The summed E-state index contributed by atoms with van der Waals surface area (Å²) in [6, 6.07) is 20.4. The minimum atomic E-state index is -0.553. The van der Waals surface area contributed by atoms with Crippen LogP contribution in [0.3, 0.4) is 0 Å². The van der Waals surface area contributed by atoms with Crippen molar-refractivity contribution in [1.29, 1.82) is 0 Å². The lowest BCUT2D eigenvalue weighted by atomic mass is 10.1. The van der Waals surface area contributed by atoms with Crippen LogP contribution in [0.2, 0.25) is 0 Å². The molecule has 0 spiro atoms. The Morgan fingerprint density at radius 2 is 1.73 bits per heavy atom. The van der Waals surface area contributed by atoms with Crippen LogP contribution in [-0.4, -0.2) is 30.0 Å². The number of esters is 1. The molecule has 3 aromatic rings. The molecule has 1 amide bonds. The number of carbonyl (C=O) groups excluding carboxylic acids is 2. The van der Waals surface area contributed by atoms with E-state index in [-0.39, 0.29) is 30.5 Å². The van der Waals surface area contributed by atoms with Crippen molar-refractivity contribution >= 4 is 11.9 Å². The van der Waals surface area contributed by atoms with Crippen LogP contribution in [0.5, 0.6) is 11.6 Å². The third-order valence-corrected chi connectivity index (χ3v) is 4.37. The molecule has 0 unspecified atom stereocenters. The fourth-order valence-electron chi connectivity index (χ4n) is 2.74. The Morgan fingerprint density at radius 3 is 2.50 bits per heavy atom. The maximum absolute atomic E-state index is 12.4. The zero-order valence-corrected chi connectivity index (χ0v) is 16.8. The van der Waals surface area contributed by atoms with E-state index in [1.54, 1.807) is 30.5 Å². The average molecular weight is 404 g/mol. The van der Waals surface area contributed by atoms with Crippen molar-refractivity contribution in [3.8, 4) is 11.6 Å². The van der Waals surface area contributed by atoms with Gasteiger partial charge in [0.2, 0.25) is 11.8 Å². The van der Waals surface area contributed by atoms with Crippen molar-refractivity contribution < 1.29 is 19.1 Å². The minimum Gasteiger partial charge on any atom is -0.460 e. The first-order valence-electron chi connectivity index (χ1n) is 9.79. The highest BCUT2D eigenvalue weighted by Gasteiger charge is 2.15. The van der Waals surface area contributed by atoms with Crippen molar-refractivity contribution in [2.45, 2.75) is 19.8 Å². The molecule has 0 fully saturated rings. The quantitative estimate of drug-likeness (QED) is 0.429. The Hall–Kier alpha value is -3.67. The smallest absolute Gasteiger partial charge is 0.343 e. The second kappa shape index (κ2) is 10.8. The van der Waals surface area contributed by atoms with E-state index in [0.29, 0.717) is 18.6 Å². The predicted octanol–water partition coefficient (Wildman–Crippen LogP) is 4.09. The molecule has 0 saturated heterocycles. The molecular weight excluding hydrogens is 380 g/mol. The van der Waals surface area contributed by atoms with Crippen LogP contribution in [0, 0.1) is 6.92 Å². The van der Waals surface area contributed by atoms with Gasteiger partial charge in [-0.1, -0.05) is 48.0 Å². The summed E-state index contributed by atoms with van der Waals surface area (Å²) in [6.07, 6.45) is 2.60. The molecule has 154 valence electrons. The molecule has 1 heterocycles. The van der Waals surface area contributed by atoms with E-state index in [1.165, 1.54) is 5.56 Å². The summed E-state index contributed by atoms with van der Waals surface area (Å²) in [5, 5.41) is 2.76. The maximum Gasteiger partial charge on any atom is 0.343 e. The van der Waals surface area contributed by atoms with Gasteiger partial charge in [-0.2, -0.15) is 0 Å². The molecule has 6 nitrogen and oxygen atoms in total. The number of carbonyl (C=O) groups is 2. The van der Waals surface area contributed by atoms with Gasteiger partial charge < -0.3 is 14.8 Å². The van der Waals surface area contributed by atoms with Gasteiger partial charge in [0.25, 0.3) is 0 Å². The zero-order chi connectivity index (χ0) is 21.2. The third-order valence-electron chi connectivity index (χ3n) is 4.37. The van der Waals surface area contributed by atoms with Gasteiger partial charge in [0, 0.05) is 12.6 Å². The molecule has 0 aliphatic heterocycles. The Kier molecular flexibility index (Phi) is 7.55. The van der Waals surface area contributed by atoms with Crippen molar-refractivity contribution in [3.05, 3.63) is 89.6 Å². The largest absolute Gasteiger partial charge is 0.460 e. The van der Waals surface area contributed by atoms with E-state index in [4.69, 9.17) is 9.47 Å². The number of benzene rings is 2. The Morgan fingerprint density at radius 1 is 0.967 bits per heavy atom. The first-order chi connectivity index (χ1) is 14.6. The number of rotatable bonds is 9. The van der Waals surface area contributed by atoms with Crippen molar-refractivity contribution in [3.63, 3.8) is 0 Å². The molecule has 1 aromatic heterocycles. The number of pyridine rings is 1. The molecule has 0 bridgehead atoms. The average Bonchev–Trinajstić information content (AvgIpc) is 2.77. The van der Waals surface area contributed by atoms with Gasteiger partial charge in [0.15, 0.2) is 0 Å². The molecule has 3 rings (SSSR count). The monoisotopic (exact) mass is 404 g/mol. The number of aryl methyl sites for hydroxylation is 2. The second-order valence-corrected chi connectivity index (χ2v) is 6.74. The molecular formula is C24H24N2O4. The van der Waals surface area contributed by atoms with E-state index in [2.05, 4.69) is 10.3 Å². The van der Waals surface area contributed by atoms with Crippen LogP contribution in [-0.2, 0) is 16.0 Å². The SMILES string of the molecule is Cc1ccc(CCC(=O)NCCOC(=O)c2cccnc2Oc2ccccc2)cc1. The minimum absolute atomic E-state index is 0.0643. The van der Waals surface area contributed by atoms with Crippen molar-refractivity contribution in [1.82, 2.24) is 10.3 Å². The lowest BCUT2D eigenvalue weighted by Crippen LogP contribution is -2.28. The maximum atomic E-state index is 12.4. The van der Waals surface area contributed by atoms with Crippen LogP contribution in [0.15, 0.2) is 72.9 Å². The van der Waals surface area contributed by atoms with Gasteiger partial charge in [-0.15, -0.1) is 0 Å². The predicted molar refractivity (Wildman–Crippen MR) is 114 cm³/mol. The molecule has 30 heavy (non-hydrogen) atoms. The van der Waals surface area contributed by atoms with Gasteiger partial charge in [0.05, 0.1) is 6.54 Å². The van der Waals surface area contributed by atoms with Gasteiger partial charge in [-0.3, -0.25) is 4.79 Å². The number of aromatic nitrogens is 1.